The van der Waals surface area contributed by atoms with Gasteiger partial charge in [0, 0.05) is 0 Å². The molecular formula is C6H12N. The number of nitrogens with one attached hydrogen (secondary N) is 1. The van der Waals surface area contributed by atoms with Crippen LogP contribution in [0.1, 0.15) is 12.8 Å². The first kappa shape index (κ1) is 5.10. The van der Waals surface area contributed by atoms with Crippen molar-refractivity contribution in [2.24, 2.45) is 5.92 Å². The summed E-state index contributed by atoms with van der Waals surface area (Å²) in [5.41, 5.74) is 0. The molecule has 1 heteroatoms. The Morgan fingerprint density at radius 3 is 2.86 bits per heavy atom. The standard InChI is InChI=1S/C6H12N/c1-2-6-3-4-7-5-6/h6-7H,1-5H2/t6-/m1/s1. The molecule has 0 aliphatic carbocycles. The van der Waals surface area contributed by atoms with Crippen molar-refractivity contribution in [3.63, 3.8) is 0 Å². The van der Waals surface area contributed by atoms with Crippen molar-refractivity contribution in [3.8, 4) is 0 Å². The molecule has 0 aromatic heterocycles. The maximum absolute atomic E-state index is 3.83. The van der Waals surface area contributed by atoms with Crippen molar-refractivity contribution in [3.05, 3.63) is 6.92 Å². The third kappa shape index (κ3) is 1.16. The second-order valence-corrected chi connectivity index (χ2v) is 2.15. The van der Waals surface area contributed by atoms with Crippen molar-refractivity contribution < 1.29 is 0 Å². The molecule has 1 fully saturated rings. The van der Waals surface area contributed by atoms with Gasteiger partial charge in [0.15, 0.2) is 0 Å². The van der Waals surface area contributed by atoms with E-state index in [4.69, 9.17) is 0 Å². The minimum atomic E-state index is 0.875. The van der Waals surface area contributed by atoms with Crippen molar-refractivity contribution in [1.82, 2.24) is 5.32 Å². The molecule has 0 saturated carbocycles. The Bertz CT molecular complexity index is 46.1. The van der Waals surface area contributed by atoms with Crippen LogP contribution in [0.15, 0.2) is 0 Å². The molecular weight excluding hydrogens is 86.1 g/mol. The highest BCUT2D eigenvalue weighted by molar-refractivity contribution is 4.70. The highest BCUT2D eigenvalue weighted by Gasteiger charge is 2.10. The lowest BCUT2D eigenvalue weighted by atomic mass is 10.1. The minimum Gasteiger partial charge on any atom is -0.316 e. The van der Waals surface area contributed by atoms with E-state index in [-0.39, 0.29) is 0 Å². The molecule has 41 valence electrons. The lowest BCUT2D eigenvalue weighted by Crippen LogP contribution is -2.07. The molecule has 0 amide bonds. The van der Waals surface area contributed by atoms with Crippen molar-refractivity contribution in [1.29, 1.82) is 0 Å². The van der Waals surface area contributed by atoms with Crippen LogP contribution in [0.3, 0.4) is 0 Å². The summed E-state index contributed by atoms with van der Waals surface area (Å²) in [6.45, 7) is 6.23. The Hall–Kier alpha value is -0.0400. The van der Waals surface area contributed by atoms with E-state index >= 15 is 0 Å². The maximum atomic E-state index is 3.83. The highest BCUT2D eigenvalue weighted by atomic mass is 14.9. The van der Waals surface area contributed by atoms with Crippen molar-refractivity contribution >= 4 is 0 Å². The van der Waals surface area contributed by atoms with Crippen LogP contribution in [-0.2, 0) is 0 Å². The van der Waals surface area contributed by atoms with Gasteiger partial charge in [-0.2, -0.15) is 0 Å². The predicted molar refractivity (Wildman–Crippen MR) is 31.0 cm³/mol. The fraction of sp³-hybridized carbons (Fsp3) is 0.833. The fourth-order valence-corrected chi connectivity index (χ4v) is 0.961. The maximum Gasteiger partial charge on any atom is -0.00200 e. The molecule has 0 aromatic carbocycles. The molecule has 0 aromatic rings. The Balaban J connectivity index is 2.14. The summed E-state index contributed by atoms with van der Waals surface area (Å²) in [6.07, 6.45) is 2.44. The number of rotatable bonds is 1. The summed E-state index contributed by atoms with van der Waals surface area (Å²) in [6, 6.07) is 0. The van der Waals surface area contributed by atoms with Crippen LogP contribution >= 0.6 is 0 Å². The van der Waals surface area contributed by atoms with Crippen molar-refractivity contribution in [2.45, 2.75) is 12.8 Å². The quantitative estimate of drug-likeness (QED) is 0.512. The van der Waals surface area contributed by atoms with Crippen LogP contribution in [-0.4, -0.2) is 13.1 Å². The van der Waals surface area contributed by atoms with E-state index in [9.17, 15) is 0 Å². The Kier molecular flexibility index (Phi) is 1.69. The predicted octanol–water partition coefficient (Wildman–Crippen LogP) is 0.820. The van der Waals surface area contributed by atoms with Crippen LogP contribution < -0.4 is 5.32 Å². The lowest BCUT2D eigenvalue weighted by molar-refractivity contribution is 0.591. The van der Waals surface area contributed by atoms with Gasteiger partial charge in [-0.15, -0.1) is 0 Å². The fourth-order valence-electron chi connectivity index (χ4n) is 0.961. The molecule has 1 rings (SSSR count). The van der Waals surface area contributed by atoms with Crippen molar-refractivity contribution in [2.75, 3.05) is 13.1 Å². The Morgan fingerprint density at radius 2 is 2.57 bits per heavy atom. The normalized spacial score (nSPS) is 31.3. The van der Waals surface area contributed by atoms with E-state index in [2.05, 4.69) is 12.2 Å². The van der Waals surface area contributed by atoms with Gasteiger partial charge in [0.1, 0.15) is 0 Å². The summed E-state index contributed by atoms with van der Waals surface area (Å²) in [7, 11) is 0. The van der Waals surface area contributed by atoms with E-state index in [1.54, 1.807) is 0 Å². The molecule has 0 unspecified atom stereocenters. The van der Waals surface area contributed by atoms with Gasteiger partial charge < -0.3 is 5.32 Å². The van der Waals surface area contributed by atoms with Gasteiger partial charge in [-0.25, -0.2) is 0 Å². The summed E-state index contributed by atoms with van der Waals surface area (Å²) in [4.78, 5) is 0. The summed E-state index contributed by atoms with van der Waals surface area (Å²) < 4.78 is 0. The highest BCUT2D eigenvalue weighted by Crippen LogP contribution is 2.09. The summed E-state index contributed by atoms with van der Waals surface area (Å²) >= 11 is 0. The van der Waals surface area contributed by atoms with Crippen LogP contribution in [0.4, 0.5) is 0 Å². The van der Waals surface area contributed by atoms with Gasteiger partial charge in [-0.1, -0.05) is 6.92 Å². The smallest absolute Gasteiger partial charge is 0.00200 e. The van der Waals surface area contributed by atoms with E-state index in [1.807, 2.05) is 0 Å². The first-order valence-corrected chi connectivity index (χ1v) is 2.93. The Labute approximate surface area is 45.1 Å². The average molecular weight is 98.2 g/mol. The topological polar surface area (TPSA) is 12.0 Å². The number of hydrogen-bond acceptors (Lipinski definition) is 1. The first-order valence-electron chi connectivity index (χ1n) is 2.93. The summed E-state index contributed by atoms with van der Waals surface area (Å²) in [5, 5.41) is 3.28. The monoisotopic (exact) mass is 98.1 g/mol. The second-order valence-electron chi connectivity index (χ2n) is 2.15. The van der Waals surface area contributed by atoms with Gasteiger partial charge in [0.05, 0.1) is 0 Å². The SMILES string of the molecule is [CH2]C[C@@H]1CCNC1. The second kappa shape index (κ2) is 2.31. The van der Waals surface area contributed by atoms with Crippen LogP contribution in [0, 0.1) is 12.8 Å². The lowest BCUT2D eigenvalue weighted by Gasteiger charge is -1.98. The van der Waals surface area contributed by atoms with Crippen LogP contribution in [0.25, 0.3) is 0 Å². The molecule has 1 N–H and O–H groups in total. The molecule has 1 aliphatic heterocycles. The zero-order chi connectivity index (χ0) is 5.11. The van der Waals surface area contributed by atoms with Crippen LogP contribution in [0.5, 0.6) is 0 Å². The Morgan fingerprint density at radius 1 is 1.71 bits per heavy atom. The van der Waals surface area contributed by atoms with E-state index in [0.717, 1.165) is 12.3 Å². The van der Waals surface area contributed by atoms with E-state index in [1.165, 1.54) is 19.5 Å². The third-order valence-corrected chi connectivity index (χ3v) is 1.57. The number of hydrogen-bond donors (Lipinski definition) is 1. The van der Waals surface area contributed by atoms with E-state index in [0.29, 0.717) is 0 Å². The zero-order valence-corrected chi connectivity index (χ0v) is 4.61. The van der Waals surface area contributed by atoms with E-state index < -0.39 is 0 Å². The molecule has 0 spiro atoms. The van der Waals surface area contributed by atoms with Gasteiger partial charge >= 0.3 is 0 Å². The largest absolute Gasteiger partial charge is 0.316 e. The van der Waals surface area contributed by atoms with Crippen LogP contribution in [0.2, 0.25) is 0 Å². The first-order chi connectivity index (χ1) is 3.43. The molecule has 7 heavy (non-hydrogen) atoms. The minimum absolute atomic E-state index is 0.875. The molecule has 1 aliphatic rings. The molecule has 1 nitrogen and oxygen atoms in total. The molecule has 1 radical (unpaired) electrons. The molecule has 1 saturated heterocycles. The van der Waals surface area contributed by atoms with Gasteiger partial charge in [0.2, 0.25) is 0 Å². The van der Waals surface area contributed by atoms with Gasteiger partial charge in [0.25, 0.3) is 0 Å². The summed E-state index contributed by atoms with van der Waals surface area (Å²) in [5.74, 6) is 0.875. The molecule has 1 heterocycles. The molecule has 1 atom stereocenters. The van der Waals surface area contributed by atoms with Gasteiger partial charge in [-0.3, -0.25) is 0 Å². The van der Waals surface area contributed by atoms with Gasteiger partial charge in [-0.05, 0) is 31.8 Å². The third-order valence-electron chi connectivity index (χ3n) is 1.57. The zero-order valence-electron chi connectivity index (χ0n) is 4.61. The molecule has 0 bridgehead atoms. The average Bonchev–Trinajstić information content (AvgIpc) is 2.14.